The molecular weight excluding hydrogens is 276 g/mol. The maximum absolute atomic E-state index is 11.2. The van der Waals surface area contributed by atoms with Crippen LogP contribution in [0.25, 0.3) is 16.7 Å². The second kappa shape index (κ2) is 5.30. The van der Waals surface area contributed by atoms with Gasteiger partial charge in [-0.2, -0.15) is 0 Å². The van der Waals surface area contributed by atoms with E-state index >= 15 is 0 Å². The fourth-order valence-corrected chi connectivity index (χ4v) is 2.65. The van der Waals surface area contributed by atoms with Crippen LogP contribution < -0.4 is 0 Å². The number of aryl methyl sites for hydroxylation is 1. The molecule has 4 nitrogen and oxygen atoms in total. The van der Waals surface area contributed by atoms with E-state index in [4.69, 9.17) is 4.98 Å². The number of benzene rings is 2. The molecule has 2 aromatic carbocycles. The molecule has 0 radical (unpaired) electrons. The van der Waals surface area contributed by atoms with Crippen LogP contribution in [0.15, 0.2) is 42.5 Å². The van der Waals surface area contributed by atoms with Crippen molar-refractivity contribution in [3.8, 4) is 5.69 Å². The van der Waals surface area contributed by atoms with Gasteiger partial charge in [-0.25, -0.2) is 9.78 Å². The zero-order chi connectivity index (χ0) is 15.9. The van der Waals surface area contributed by atoms with Crippen molar-refractivity contribution >= 4 is 17.0 Å². The van der Waals surface area contributed by atoms with E-state index in [-0.39, 0.29) is 11.5 Å². The van der Waals surface area contributed by atoms with Crippen LogP contribution in [0, 0.1) is 6.92 Å². The van der Waals surface area contributed by atoms with E-state index in [1.807, 2.05) is 29.7 Å². The van der Waals surface area contributed by atoms with E-state index in [2.05, 4.69) is 19.9 Å². The molecule has 3 rings (SSSR count). The highest BCUT2D eigenvalue weighted by Crippen LogP contribution is 2.27. The third kappa shape index (κ3) is 2.37. The zero-order valence-electron chi connectivity index (χ0n) is 12.9. The average Bonchev–Trinajstić information content (AvgIpc) is 2.86. The van der Waals surface area contributed by atoms with Crippen LogP contribution in [-0.4, -0.2) is 20.6 Å². The summed E-state index contributed by atoms with van der Waals surface area (Å²) in [6.45, 7) is 6.22. The minimum Gasteiger partial charge on any atom is -0.478 e. The summed E-state index contributed by atoms with van der Waals surface area (Å²) >= 11 is 0. The summed E-state index contributed by atoms with van der Waals surface area (Å²) in [5, 5.41) is 9.21. The molecule has 112 valence electrons. The lowest BCUT2D eigenvalue weighted by Gasteiger charge is -2.12. The Bertz CT molecular complexity index is 863. The number of hydrogen-bond donors (Lipinski definition) is 1. The van der Waals surface area contributed by atoms with E-state index in [9.17, 15) is 9.90 Å². The number of fused-ring (bicyclic) bond motifs is 1. The van der Waals surface area contributed by atoms with Gasteiger partial charge in [0.05, 0.1) is 16.6 Å². The Hall–Kier alpha value is -2.62. The van der Waals surface area contributed by atoms with Gasteiger partial charge in [0, 0.05) is 11.6 Å². The van der Waals surface area contributed by atoms with Crippen molar-refractivity contribution in [3.05, 3.63) is 59.4 Å². The SMILES string of the molecule is Cc1ccc2c(c1)nc(C(C)C)n2-c1cccc(C(=O)O)c1. The van der Waals surface area contributed by atoms with Gasteiger partial charge in [-0.15, -0.1) is 0 Å². The van der Waals surface area contributed by atoms with Crippen LogP contribution in [0.3, 0.4) is 0 Å². The number of carbonyl (C=O) groups is 1. The molecule has 0 aliphatic heterocycles. The highest BCUT2D eigenvalue weighted by molar-refractivity contribution is 5.88. The number of aromatic carboxylic acids is 1. The minimum atomic E-state index is -0.923. The topological polar surface area (TPSA) is 55.1 Å². The third-order valence-corrected chi connectivity index (χ3v) is 3.70. The molecule has 1 heterocycles. The fraction of sp³-hybridized carbons (Fsp3) is 0.222. The van der Waals surface area contributed by atoms with Crippen LogP contribution in [0.4, 0.5) is 0 Å². The Kier molecular flexibility index (Phi) is 3.45. The highest BCUT2D eigenvalue weighted by Gasteiger charge is 2.16. The molecule has 0 unspecified atom stereocenters. The summed E-state index contributed by atoms with van der Waals surface area (Å²) in [4.78, 5) is 16.0. The molecule has 3 aromatic rings. The summed E-state index contributed by atoms with van der Waals surface area (Å²) in [6, 6.07) is 13.1. The van der Waals surface area contributed by atoms with Gasteiger partial charge in [0.25, 0.3) is 0 Å². The van der Waals surface area contributed by atoms with E-state index < -0.39 is 5.97 Å². The quantitative estimate of drug-likeness (QED) is 0.789. The Labute approximate surface area is 129 Å². The molecular formula is C18H18N2O2. The number of imidazole rings is 1. The predicted octanol–water partition coefficient (Wildman–Crippen LogP) is 4.16. The van der Waals surface area contributed by atoms with Crippen molar-refractivity contribution in [3.63, 3.8) is 0 Å². The Morgan fingerprint density at radius 2 is 1.95 bits per heavy atom. The van der Waals surface area contributed by atoms with Crippen LogP contribution in [0.2, 0.25) is 0 Å². The van der Waals surface area contributed by atoms with Gasteiger partial charge in [-0.1, -0.05) is 26.0 Å². The molecule has 0 amide bonds. The van der Waals surface area contributed by atoms with Gasteiger partial charge < -0.3 is 5.11 Å². The number of hydrogen-bond acceptors (Lipinski definition) is 2. The second-order valence-corrected chi connectivity index (χ2v) is 5.81. The normalized spacial score (nSPS) is 11.3. The summed E-state index contributed by atoms with van der Waals surface area (Å²) in [6.07, 6.45) is 0. The number of carboxylic acid groups (broad SMARTS) is 1. The monoisotopic (exact) mass is 294 g/mol. The van der Waals surface area contributed by atoms with Crippen LogP contribution >= 0.6 is 0 Å². The number of aromatic nitrogens is 2. The summed E-state index contributed by atoms with van der Waals surface area (Å²) in [7, 11) is 0. The zero-order valence-corrected chi connectivity index (χ0v) is 12.9. The maximum atomic E-state index is 11.2. The van der Waals surface area contributed by atoms with Crippen molar-refractivity contribution in [2.45, 2.75) is 26.7 Å². The Morgan fingerprint density at radius 1 is 1.18 bits per heavy atom. The molecule has 0 aliphatic rings. The Morgan fingerprint density at radius 3 is 2.64 bits per heavy atom. The maximum Gasteiger partial charge on any atom is 0.335 e. The van der Waals surface area contributed by atoms with Crippen molar-refractivity contribution < 1.29 is 9.90 Å². The molecule has 0 saturated heterocycles. The largest absolute Gasteiger partial charge is 0.478 e. The molecule has 0 fully saturated rings. The minimum absolute atomic E-state index is 0.237. The molecule has 4 heteroatoms. The number of rotatable bonds is 3. The first kappa shape index (κ1) is 14.3. The van der Waals surface area contributed by atoms with Crippen molar-refractivity contribution in [1.82, 2.24) is 9.55 Å². The van der Waals surface area contributed by atoms with Crippen LogP contribution in [-0.2, 0) is 0 Å². The average molecular weight is 294 g/mol. The summed E-state index contributed by atoms with van der Waals surface area (Å²) in [5.41, 5.74) is 4.20. The van der Waals surface area contributed by atoms with Crippen molar-refractivity contribution in [2.24, 2.45) is 0 Å². The molecule has 22 heavy (non-hydrogen) atoms. The summed E-state index contributed by atoms with van der Waals surface area (Å²) in [5.74, 6) is 0.248. The molecule has 0 aliphatic carbocycles. The molecule has 0 bridgehead atoms. The van der Waals surface area contributed by atoms with Gasteiger partial charge in [-0.05, 0) is 42.8 Å². The molecule has 0 spiro atoms. The lowest BCUT2D eigenvalue weighted by atomic mass is 10.1. The first-order valence-corrected chi connectivity index (χ1v) is 7.30. The lowest BCUT2D eigenvalue weighted by molar-refractivity contribution is 0.0697. The lowest BCUT2D eigenvalue weighted by Crippen LogP contribution is -2.05. The van der Waals surface area contributed by atoms with Crippen LogP contribution in [0.5, 0.6) is 0 Å². The van der Waals surface area contributed by atoms with Gasteiger partial charge in [0.2, 0.25) is 0 Å². The summed E-state index contributed by atoms with van der Waals surface area (Å²) < 4.78 is 2.05. The first-order chi connectivity index (χ1) is 10.5. The second-order valence-electron chi connectivity index (χ2n) is 5.81. The predicted molar refractivity (Wildman–Crippen MR) is 86.9 cm³/mol. The molecule has 0 saturated carbocycles. The molecule has 1 aromatic heterocycles. The smallest absolute Gasteiger partial charge is 0.335 e. The van der Waals surface area contributed by atoms with Gasteiger partial charge in [-0.3, -0.25) is 4.57 Å². The molecule has 0 atom stereocenters. The van der Waals surface area contributed by atoms with E-state index in [1.165, 1.54) is 0 Å². The van der Waals surface area contributed by atoms with E-state index in [1.54, 1.807) is 18.2 Å². The Balaban J connectivity index is 2.31. The van der Waals surface area contributed by atoms with E-state index in [0.29, 0.717) is 0 Å². The first-order valence-electron chi connectivity index (χ1n) is 7.30. The van der Waals surface area contributed by atoms with Gasteiger partial charge >= 0.3 is 5.97 Å². The van der Waals surface area contributed by atoms with Gasteiger partial charge in [0.15, 0.2) is 0 Å². The fourth-order valence-electron chi connectivity index (χ4n) is 2.65. The highest BCUT2D eigenvalue weighted by atomic mass is 16.4. The van der Waals surface area contributed by atoms with Gasteiger partial charge in [0.1, 0.15) is 5.82 Å². The van der Waals surface area contributed by atoms with Crippen molar-refractivity contribution in [1.29, 1.82) is 0 Å². The standard InChI is InChI=1S/C18H18N2O2/c1-11(2)17-19-15-9-12(3)7-8-16(15)20(17)14-6-4-5-13(10-14)18(21)22/h4-11H,1-3H3,(H,21,22). The van der Waals surface area contributed by atoms with Crippen LogP contribution in [0.1, 0.15) is 41.5 Å². The number of nitrogens with zero attached hydrogens (tertiary/aromatic N) is 2. The molecule has 1 N–H and O–H groups in total. The van der Waals surface area contributed by atoms with E-state index in [0.717, 1.165) is 28.1 Å². The number of carboxylic acids is 1. The van der Waals surface area contributed by atoms with Crippen molar-refractivity contribution in [2.75, 3.05) is 0 Å². The third-order valence-electron chi connectivity index (χ3n) is 3.70.